The molecule has 0 aliphatic heterocycles. The van der Waals surface area contributed by atoms with Crippen LogP contribution in [0.25, 0.3) is 0 Å². The van der Waals surface area contributed by atoms with Crippen molar-refractivity contribution >= 4 is 5.97 Å². The van der Waals surface area contributed by atoms with Crippen LogP contribution >= 0.6 is 0 Å². The summed E-state index contributed by atoms with van der Waals surface area (Å²) in [7, 11) is 0. The lowest BCUT2D eigenvalue weighted by atomic mass is 9.99. The summed E-state index contributed by atoms with van der Waals surface area (Å²) in [6, 6.07) is 0. The third kappa shape index (κ3) is 33.8. The van der Waals surface area contributed by atoms with Gasteiger partial charge >= 0.3 is 5.97 Å². The summed E-state index contributed by atoms with van der Waals surface area (Å²) in [4.78, 5) is 15.2. The third-order valence-electron chi connectivity index (χ3n) is 10.3. The Labute approximate surface area is 301 Å². The smallest absolute Gasteiger partial charge is 0.306 e. The largest absolute Gasteiger partial charge is 0.462 e. The lowest BCUT2D eigenvalue weighted by Crippen LogP contribution is -2.33. The Hall–Kier alpha value is -0.650. The number of carbonyl (C=O) groups is 1. The van der Waals surface area contributed by atoms with Gasteiger partial charge in [-0.25, -0.2) is 0 Å². The zero-order valence-corrected chi connectivity index (χ0v) is 33.0. The lowest BCUT2D eigenvalue weighted by Gasteiger charge is -2.26. The Balaban J connectivity index is 4.23. The molecule has 0 aromatic rings. The molecule has 0 fully saturated rings. The van der Waals surface area contributed by atoms with Crippen LogP contribution in [0.15, 0.2) is 0 Å². The topological polar surface area (TPSA) is 70.0 Å². The summed E-state index contributed by atoms with van der Waals surface area (Å²) >= 11 is 0. The number of unbranched alkanes of at least 4 members (excludes halogenated alkanes) is 23. The van der Waals surface area contributed by atoms with E-state index in [9.17, 15) is 15.0 Å². The SMILES string of the molecule is CCCCCCCCCCCCC(CO)CN(CCCO)CCCCCCCC(=O)OC(CCCCCCCC)CCCCCCCC. The van der Waals surface area contributed by atoms with Gasteiger partial charge in [-0.1, -0.05) is 168 Å². The van der Waals surface area contributed by atoms with Gasteiger partial charge in [0.25, 0.3) is 0 Å². The first-order chi connectivity index (χ1) is 23.6. The van der Waals surface area contributed by atoms with Crippen molar-refractivity contribution < 1.29 is 19.7 Å². The van der Waals surface area contributed by atoms with Crippen LogP contribution < -0.4 is 0 Å². The van der Waals surface area contributed by atoms with Crippen molar-refractivity contribution in [3.8, 4) is 0 Å². The van der Waals surface area contributed by atoms with E-state index in [-0.39, 0.29) is 25.3 Å². The molecule has 0 spiro atoms. The minimum Gasteiger partial charge on any atom is -0.462 e. The van der Waals surface area contributed by atoms with E-state index in [1.165, 1.54) is 148 Å². The highest BCUT2D eigenvalue weighted by molar-refractivity contribution is 5.69. The van der Waals surface area contributed by atoms with Gasteiger partial charge in [-0.2, -0.15) is 0 Å². The first kappa shape index (κ1) is 47.4. The van der Waals surface area contributed by atoms with Crippen LogP contribution in [0.3, 0.4) is 0 Å². The molecule has 0 saturated carbocycles. The molecule has 0 saturated heterocycles. The number of hydrogen-bond acceptors (Lipinski definition) is 5. The lowest BCUT2D eigenvalue weighted by molar-refractivity contribution is -0.150. The van der Waals surface area contributed by atoms with Crippen LogP contribution in [0.2, 0.25) is 0 Å². The monoisotopic (exact) mass is 682 g/mol. The van der Waals surface area contributed by atoms with E-state index >= 15 is 0 Å². The van der Waals surface area contributed by atoms with Gasteiger partial charge < -0.3 is 19.8 Å². The fourth-order valence-corrected chi connectivity index (χ4v) is 7.06. The molecule has 2 N–H and O–H groups in total. The standard InChI is InChI=1S/C43H87NO4/c1-4-7-10-13-16-17-18-19-21-26-32-41(40-46)39-44(37-31-38-45)36-30-25-20-24-29-35-43(47)48-42(33-27-22-14-11-8-5-2)34-28-23-15-12-9-6-3/h41-42,45-46H,4-40H2,1-3H3. The van der Waals surface area contributed by atoms with Gasteiger partial charge in [-0.05, 0) is 63.8 Å². The average Bonchev–Trinajstić information content (AvgIpc) is 3.09. The van der Waals surface area contributed by atoms with Crippen molar-refractivity contribution in [2.24, 2.45) is 5.92 Å². The Morgan fingerprint density at radius 3 is 1.35 bits per heavy atom. The van der Waals surface area contributed by atoms with Gasteiger partial charge in [0.1, 0.15) is 6.10 Å². The average molecular weight is 682 g/mol. The zero-order valence-electron chi connectivity index (χ0n) is 33.0. The Kier molecular flexibility index (Phi) is 38.6. The molecular formula is C43H87NO4. The van der Waals surface area contributed by atoms with E-state index < -0.39 is 0 Å². The molecule has 1 atom stereocenters. The van der Waals surface area contributed by atoms with Crippen LogP contribution in [0.4, 0.5) is 0 Å². The van der Waals surface area contributed by atoms with E-state index in [1.807, 2.05) is 0 Å². The van der Waals surface area contributed by atoms with E-state index in [2.05, 4.69) is 25.7 Å². The van der Waals surface area contributed by atoms with Crippen molar-refractivity contribution in [1.82, 2.24) is 4.90 Å². The second-order valence-electron chi connectivity index (χ2n) is 15.1. The number of rotatable bonds is 40. The Morgan fingerprint density at radius 1 is 0.500 bits per heavy atom. The molecule has 0 rings (SSSR count). The third-order valence-corrected chi connectivity index (χ3v) is 10.3. The van der Waals surface area contributed by atoms with Crippen LogP contribution in [0.5, 0.6) is 0 Å². The van der Waals surface area contributed by atoms with E-state index in [4.69, 9.17) is 4.74 Å². The van der Waals surface area contributed by atoms with Gasteiger partial charge in [0.2, 0.25) is 0 Å². The summed E-state index contributed by atoms with van der Waals surface area (Å²) in [5, 5.41) is 19.5. The molecule has 0 bridgehead atoms. The number of esters is 1. The maximum absolute atomic E-state index is 12.7. The molecule has 1 unspecified atom stereocenters. The Bertz CT molecular complexity index is 614. The molecule has 0 aliphatic rings. The van der Waals surface area contributed by atoms with Crippen LogP contribution in [-0.2, 0) is 9.53 Å². The molecule has 0 aliphatic carbocycles. The molecule has 48 heavy (non-hydrogen) atoms. The minimum absolute atomic E-state index is 0.0181. The highest BCUT2D eigenvalue weighted by Crippen LogP contribution is 2.19. The fourth-order valence-electron chi connectivity index (χ4n) is 7.06. The predicted octanol–water partition coefficient (Wildman–Crippen LogP) is 12.3. The van der Waals surface area contributed by atoms with Crippen molar-refractivity contribution in [2.45, 2.75) is 232 Å². The minimum atomic E-state index is 0.0181. The van der Waals surface area contributed by atoms with E-state index in [0.717, 1.165) is 71.0 Å². The second kappa shape index (κ2) is 39.1. The van der Waals surface area contributed by atoms with Gasteiger partial charge in [-0.15, -0.1) is 0 Å². The summed E-state index contributed by atoms with van der Waals surface area (Å²) in [5.74, 6) is 0.360. The molecule has 0 aromatic heterocycles. The first-order valence-electron chi connectivity index (χ1n) is 21.7. The summed E-state index contributed by atoms with van der Waals surface area (Å²) < 4.78 is 6.03. The van der Waals surface area contributed by atoms with Crippen molar-refractivity contribution in [3.05, 3.63) is 0 Å². The highest BCUT2D eigenvalue weighted by atomic mass is 16.5. The number of nitrogens with zero attached hydrogens (tertiary/aromatic N) is 1. The van der Waals surface area contributed by atoms with Crippen molar-refractivity contribution in [2.75, 3.05) is 32.8 Å². The quantitative estimate of drug-likeness (QED) is 0.0497. The van der Waals surface area contributed by atoms with Crippen LogP contribution in [0, 0.1) is 5.92 Å². The molecule has 288 valence electrons. The normalized spacial score (nSPS) is 12.4. The van der Waals surface area contributed by atoms with E-state index in [0.29, 0.717) is 12.3 Å². The number of aliphatic hydroxyl groups is 2. The van der Waals surface area contributed by atoms with Crippen molar-refractivity contribution in [3.63, 3.8) is 0 Å². The molecule has 5 nitrogen and oxygen atoms in total. The predicted molar refractivity (Wildman–Crippen MR) is 209 cm³/mol. The molecule has 0 aromatic carbocycles. The summed E-state index contributed by atoms with van der Waals surface area (Å²) in [5.41, 5.74) is 0. The fraction of sp³-hybridized carbons (Fsp3) is 0.977. The summed E-state index contributed by atoms with van der Waals surface area (Å²) in [6.45, 7) is 10.2. The molecule has 0 radical (unpaired) electrons. The van der Waals surface area contributed by atoms with Crippen molar-refractivity contribution in [1.29, 1.82) is 0 Å². The molecule has 5 heteroatoms. The first-order valence-corrected chi connectivity index (χ1v) is 21.7. The zero-order chi connectivity index (χ0) is 35.2. The maximum atomic E-state index is 12.7. The molecular weight excluding hydrogens is 594 g/mol. The Morgan fingerprint density at radius 2 is 0.896 bits per heavy atom. The maximum Gasteiger partial charge on any atom is 0.306 e. The number of ether oxygens (including phenoxy) is 1. The number of aliphatic hydroxyl groups excluding tert-OH is 2. The number of carbonyl (C=O) groups excluding carboxylic acids is 1. The van der Waals surface area contributed by atoms with Gasteiger partial charge in [0.15, 0.2) is 0 Å². The number of hydrogen-bond donors (Lipinski definition) is 2. The second-order valence-corrected chi connectivity index (χ2v) is 15.1. The van der Waals surface area contributed by atoms with Crippen LogP contribution in [-0.4, -0.2) is 60.0 Å². The van der Waals surface area contributed by atoms with Gasteiger partial charge in [0, 0.05) is 32.7 Å². The van der Waals surface area contributed by atoms with Crippen LogP contribution in [0.1, 0.15) is 226 Å². The van der Waals surface area contributed by atoms with Gasteiger partial charge in [-0.3, -0.25) is 4.79 Å². The highest BCUT2D eigenvalue weighted by Gasteiger charge is 2.15. The van der Waals surface area contributed by atoms with E-state index in [1.54, 1.807) is 0 Å². The summed E-state index contributed by atoms with van der Waals surface area (Å²) in [6.07, 6.45) is 39.1. The molecule has 0 amide bonds. The molecule has 0 heterocycles. The van der Waals surface area contributed by atoms with Gasteiger partial charge in [0.05, 0.1) is 0 Å².